The van der Waals surface area contributed by atoms with Gasteiger partial charge in [0, 0.05) is 12.7 Å². The number of aromatic nitrogens is 1. The molecular weight excluding hydrogens is 394 g/mol. The SMILES string of the molecule is COc1cccc(CN2CCC([C@@H](NC(=O)c3cccs3)c3ccccn3)CC2)c1. The first kappa shape index (κ1) is 20.6. The number of amides is 1. The van der Waals surface area contributed by atoms with Crippen LogP contribution in [0.1, 0.15) is 39.8 Å². The first-order valence-corrected chi connectivity index (χ1v) is 11.2. The van der Waals surface area contributed by atoms with E-state index in [-0.39, 0.29) is 11.9 Å². The lowest BCUT2D eigenvalue weighted by Gasteiger charge is -2.36. The monoisotopic (exact) mass is 421 g/mol. The van der Waals surface area contributed by atoms with E-state index >= 15 is 0 Å². The number of hydrogen-bond donors (Lipinski definition) is 1. The van der Waals surface area contributed by atoms with Crippen molar-refractivity contribution < 1.29 is 9.53 Å². The molecule has 1 fully saturated rings. The second kappa shape index (κ2) is 9.87. The number of rotatable bonds is 7. The van der Waals surface area contributed by atoms with Gasteiger partial charge >= 0.3 is 0 Å². The highest BCUT2D eigenvalue weighted by molar-refractivity contribution is 7.12. The van der Waals surface area contributed by atoms with E-state index in [4.69, 9.17) is 4.74 Å². The van der Waals surface area contributed by atoms with E-state index in [9.17, 15) is 4.79 Å². The van der Waals surface area contributed by atoms with Crippen molar-refractivity contribution in [3.05, 3.63) is 82.3 Å². The second-order valence-electron chi connectivity index (χ2n) is 7.65. The van der Waals surface area contributed by atoms with Crippen LogP contribution in [0.25, 0.3) is 0 Å². The summed E-state index contributed by atoms with van der Waals surface area (Å²) in [6.45, 7) is 2.92. The Bertz CT molecular complexity index is 938. The molecule has 1 saturated heterocycles. The van der Waals surface area contributed by atoms with Gasteiger partial charge in [-0.15, -0.1) is 11.3 Å². The van der Waals surface area contributed by atoms with Gasteiger partial charge in [-0.1, -0.05) is 24.3 Å². The van der Waals surface area contributed by atoms with Gasteiger partial charge in [0.05, 0.1) is 23.7 Å². The van der Waals surface area contributed by atoms with Crippen molar-refractivity contribution in [3.63, 3.8) is 0 Å². The number of ether oxygens (including phenoxy) is 1. The van der Waals surface area contributed by atoms with Gasteiger partial charge in [0.15, 0.2) is 0 Å². The summed E-state index contributed by atoms with van der Waals surface area (Å²) in [6.07, 6.45) is 3.85. The highest BCUT2D eigenvalue weighted by Gasteiger charge is 2.30. The zero-order valence-corrected chi connectivity index (χ0v) is 18.0. The van der Waals surface area contributed by atoms with E-state index in [1.807, 2.05) is 47.8 Å². The highest BCUT2D eigenvalue weighted by Crippen LogP contribution is 2.31. The van der Waals surface area contributed by atoms with Gasteiger partial charge in [0.25, 0.3) is 5.91 Å². The van der Waals surface area contributed by atoms with Gasteiger partial charge in [0.2, 0.25) is 0 Å². The molecule has 1 aliphatic rings. The Hall–Kier alpha value is -2.70. The average molecular weight is 422 g/mol. The molecule has 0 aliphatic carbocycles. The van der Waals surface area contributed by atoms with E-state index in [2.05, 4.69) is 27.3 Å². The van der Waals surface area contributed by atoms with E-state index in [0.717, 1.165) is 48.8 Å². The molecule has 5 nitrogen and oxygen atoms in total. The van der Waals surface area contributed by atoms with E-state index in [0.29, 0.717) is 5.92 Å². The average Bonchev–Trinajstić information content (AvgIpc) is 3.34. The molecule has 0 radical (unpaired) electrons. The molecule has 1 amide bonds. The number of methoxy groups -OCH3 is 1. The number of likely N-dealkylation sites (tertiary alicyclic amines) is 1. The number of pyridine rings is 1. The third-order valence-electron chi connectivity index (χ3n) is 5.68. The van der Waals surface area contributed by atoms with Gasteiger partial charge in [0.1, 0.15) is 5.75 Å². The van der Waals surface area contributed by atoms with Crippen LogP contribution in [0.5, 0.6) is 5.75 Å². The Kier molecular flexibility index (Phi) is 6.77. The number of carbonyl (C=O) groups is 1. The molecular formula is C24H27N3O2S. The molecule has 3 heterocycles. The lowest BCUT2D eigenvalue weighted by Crippen LogP contribution is -2.40. The Morgan fingerprint density at radius 1 is 1.20 bits per heavy atom. The van der Waals surface area contributed by atoms with Gasteiger partial charge in [-0.05, 0) is 73.1 Å². The molecule has 1 N–H and O–H groups in total. The van der Waals surface area contributed by atoms with Crippen LogP contribution in [0.4, 0.5) is 0 Å². The topological polar surface area (TPSA) is 54.5 Å². The van der Waals surface area contributed by atoms with Crippen LogP contribution in [-0.4, -0.2) is 36.0 Å². The standard InChI is InChI=1S/C24H27N3O2S/c1-29-20-7-4-6-18(16-20)17-27-13-10-19(11-14-27)23(21-8-2-3-12-25-21)26-24(28)22-9-5-15-30-22/h2-9,12,15-16,19,23H,10-11,13-14,17H2,1H3,(H,26,28)/t23-/m1/s1. The summed E-state index contributed by atoms with van der Waals surface area (Å²) < 4.78 is 5.34. The molecule has 0 saturated carbocycles. The van der Waals surface area contributed by atoms with Crippen LogP contribution in [0.15, 0.2) is 66.2 Å². The predicted molar refractivity (Wildman–Crippen MR) is 120 cm³/mol. The van der Waals surface area contributed by atoms with Gasteiger partial charge in [-0.2, -0.15) is 0 Å². The summed E-state index contributed by atoms with van der Waals surface area (Å²) >= 11 is 1.47. The zero-order valence-electron chi connectivity index (χ0n) is 17.2. The minimum absolute atomic E-state index is 0.0144. The fraction of sp³-hybridized carbons (Fsp3) is 0.333. The molecule has 0 unspecified atom stereocenters. The van der Waals surface area contributed by atoms with Gasteiger partial charge in [-0.3, -0.25) is 14.7 Å². The summed E-state index contributed by atoms with van der Waals surface area (Å²) in [6, 6.07) is 17.9. The Labute approximate surface area is 181 Å². The Morgan fingerprint density at radius 2 is 2.07 bits per heavy atom. The van der Waals surface area contributed by atoms with E-state index < -0.39 is 0 Å². The molecule has 4 rings (SSSR count). The largest absolute Gasteiger partial charge is 0.497 e. The first-order chi connectivity index (χ1) is 14.7. The fourth-order valence-corrected chi connectivity index (χ4v) is 4.71. The molecule has 2 aromatic heterocycles. The van der Waals surface area contributed by atoms with Crippen LogP contribution < -0.4 is 10.1 Å². The normalized spacial score (nSPS) is 16.2. The van der Waals surface area contributed by atoms with Crippen LogP contribution >= 0.6 is 11.3 Å². The fourth-order valence-electron chi connectivity index (χ4n) is 4.09. The summed E-state index contributed by atoms with van der Waals surface area (Å²) in [5, 5.41) is 5.19. The summed E-state index contributed by atoms with van der Waals surface area (Å²) in [5.74, 6) is 1.25. The summed E-state index contributed by atoms with van der Waals surface area (Å²) in [4.78, 5) is 20.5. The number of piperidine rings is 1. The minimum atomic E-state index is -0.0697. The molecule has 30 heavy (non-hydrogen) atoms. The number of thiophene rings is 1. The van der Waals surface area contributed by atoms with Crippen molar-refractivity contribution in [2.75, 3.05) is 20.2 Å². The molecule has 1 atom stereocenters. The highest BCUT2D eigenvalue weighted by atomic mass is 32.1. The maximum Gasteiger partial charge on any atom is 0.261 e. The summed E-state index contributed by atoms with van der Waals surface area (Å²) in [5.41, 5.74) is 2.20. The van der Waals surface area contributed by atoms with Crippen molar-refractivity contribution in [2.45, 2.75) is 25.4 Å². The van der Waals surface area contributed by atoms with Crippen molar-refractivity contribution in [1.29, 1.82) is 0 Å². The van der Waals surface area contributed by atoms with Gasteiger partial charge < -0.3 is 10.1 Å². The predicted octanol–water partition coefficient (Wildman–Crippen LogP) is 4.54. The van der Waals surface area contributed by atoms with Crippen molar-refractivity contribution in [1.82, 2.24) is 15.2 Å². The molecule has 0 spiro atoms. The Balaban J connectivity index is 1.42. The third-order valence-corrected chi connectivity index (χ3v) is 6.55. The van der Waals surface area contributed by atoms with Crippen molar-refractivity contribution in [3.8, 4) is 5.75 Å². The number of nitrogens with zero attached hydrogens (tertiary/aromatic N) is 2. The van der Waals surface area contributed by atoms with Crippen LogP contribution in [0.3, 0.4) is 0 Å². The van der Waals surface area contributed by atoms with Gasteiger partial charge in [-0.25, -0.2) is 0 Å². The van der Waals surface area contributed by atoms with E-state index in [1.165, 1.54) is 16.9 Å². The quantitative estimate of drug-likeness (QED) is 0.609. The minimum Gasteiger partial charge on any atom is -0.497 e. The molecule has 6 heteroatoms. The third kappa shape index (κ3) is 5.07. The number of carbonyl (C=O) groups excluding carboxylic acids is 1. The number of nitrogens with one attached hydrogen (secondary N) is 1. The first-order valence-electron chi connectivity index (χ1n) is 10.3. The zero-order chi connectivity index (χ0) is 20.8. The molecule has 0 bridgehead atoms. The number of benzene rings is 1. The Morgan fingerprint density at radius 3 is 2.77 bits per heavy atom. The van der Waals surface area contributed by atoms with Crippen molar-refractivity contribution in [2.24, 2.45) is 5.92 Å². The maximum atomic E-state index is 12.7. The lowest BCUT2D eigenvalue weighted by atomic mass is 9.87. The number of hydrogen-bond acceptors (Lipinski definition) is 5. The maximum absolute atomic E-state index is 12.7. The molecule has 3 aromatic rings. The molecule has 156 valence electrons. The van der Waals surface area contributed by atoms with Crippen molar-refractivity contribution >= 4 is 17.2 Å². The van der Waals surface area contributed by atoms with Crippen LogP contribution in [0.2, 0.25) is 0 Å². The van der Waals surface area contributed by atoms with Crippen LogP contribution in [-0.2, 0) is 6.54 Å². The van der Waals surface area contributed by atoms with E-state index in [1.54, 1.807) is 13.3 Å². The smallest absolute Gasteiger partial charge is 0.261 e. The molecule has 1 aromatic carbocycles. The lowest BCUT2D eigenvalue weighted by molar-refractivity contribution is 0.0892. The molecule has 1 aliphatic heterocycles. The second-order valence-corrected chi connectivity index (χ2v) is 8.60. The summed E-state index contributed by atoms with van der Waals surface area (Å²) in [7, 11) is 1.70. The van der Waals surface area contributed by atoms with Crippen LogP contribution in [0, 0.1) is 5.92 Å².